The van der Waals surface area contributed by atoms with Crippen LogP contribution < -0.4 is 0 Å². The first-order chi connectivity index (χ1) is 5.69. The van der Waals surface area contributed by atoms with Crippen LogP contribution in [0.2, 0.25) is 0 Å². The monoisotopic (exact) mass is 165 g/mol. The van der Waals surface area contributed by atoms with Crippen molar-refractivity contribution in [3.63, 3.8) is 0 Å². The van der Waals surface area contributed by atoms with Crippen molar-refractivity contribution in [1.29, 1.82) is 0 Å². The van der Waals surface area contributed by atoms with E-state index in [1.165, 1.54) is 7.11 Å². The van der Waals surface area contributed by atoms with Crippen LogP contribution in [0.15, 0.2) is 29.4 Å². The predicted octanol–water partition coefficient (Wildman–Crippen LogP) is 1.32. The molecule has 1 aliphatic heterocycles. The molecule has 0 spiro atoms. The number of carbonyl (C=O) groups is 1. The second-order valence-corrected chi connectivity index (χ2v) is 2.75. The molecule has 0 N–H and O–H groups in total. The molecule has 0 radical (unpaired) electrons. The fourth-order valence-corrected chi connectivity index (χ4v) is 0.936. The van der Waals surface area contributed by atoms with E-state index in [0.717, 1.165) is 0 Å². The first-order valence-electron chi connectivity index (χ1n) is 3.66. The lowest BCUT2D eigenvalue weighted by Gasteiger charge is -2.15. The zero-order chi connectivity index (χ0) is 9.03. The van der Waals surface area contributed by atoms with Crippen LogP contribution in [-0.4, -0.2) is 19.3 Å². The highest BCUT2D eigenvalue weighted by molar-refractivity contribution is 5.97. The van der Waals surface area contributed by atoms with E-state index in [4.69, 9.17) is 0 Å². The van der Waals surface area contributed by atoms with E-state index in [1.54, 1.807) is 37.6 Å². The highest BCUT2D eigenvalue weighted by atomic mass is 16.5. The second-order valence-electron chi connectivity index (χ2n) is 2.75. The second kappa shape index (κ2) is 3.34. The lowest BCUT2D eigenvalue weighted by atomic mass is 9.92. The number of esters is 1. The van der Waals surface area contributed by atoms with Crippen LogP contribution in [0.1, 0.15) is 6.92 Å². The summed E-state index contributed by atoms with van der Waals surface area (Å²) in [6.07, 6.45) is 8.50. The lowest BCUT2D eigenvalue weighted by molar-refractivity contribution is -0.145. The van der Waals surface area contributed by atoms with E-state index in [1.807, 2.05) is 0 Å². The van der Waals surface area contributed by atoms with Gasteiger partial charge in [-0.25, -0.2) is 0 Å². The van der Waals surface area contributed by atoms with E-state index in [2.05, 4.69) is 9.73 Å². The Labute approximate surface area is 71.4 Å². The Morgan fingerprint density at radius 1 is 1.50 bits per heavy atom. The Hall–Kier alpha value is -1.38. The minimum absolute atomic E-state index is 0.300. The summed E-state index contributed by atoms with van der Waals surface area (Å²) in [5, 5.41) is 0. The Morgan fingerprint density at radius 3 is 2.92 bits per heavy atom. The largest absolute Gasteiger partial charge is 0.468 e. The highest BCUT2D eigenvalue weighted by Gasteiger charge is 2.29. The first-order valence-corrected chi connectivity index (χ1v) is 3.66. The molecule has 1 unspecified atom stereocenters. The molecule has 0 aromatic carbocycles. The number of methoxy groups -OCH3 is 1. The van der Waals surface area contributed by atoms with Gasteiger partial charge in [-0.15, -0.1) is 0 Å². The quantitative estimate of drug-likeness (QED) is 0.549. The average Bonchev–Trinajstić information content (AvgIpc) is 2.29. The molecule has 1 heterocycles. The van der Waals surface area contributed by atoms with Crippen LogP contribution in [0.5, 0.6) is 0 Å². The van der Waals surface area contributed by atoms with Crippen molar-refractivity contribution in [2.75, 3.05) is 7.11 Å². The molecular formula is C9H11NO2. The van der Waals surface area contributed by atoms with Crippen LogP contribution >= 0.6 is 0 Å². The first kappa shape index (κ1) is 8.71. The van der Waals surface area contributed by atoms with Crippen molar-refractivity contribution in [3.05, 3.63) is 24.4 Å². The fourth-order valence-electron chi connectivity index (χ4n) is 0.936. The van der Waals surface area contributed by atoms with Gasteiger partial charge in [0.25, 0.3) is 0 Å². The van der Waals surface area contributed by atoms with Gasteiger partial charge in [-0.3, -0.25) is 9.79 Å². The number of hydrogen-bond donors (Lipinski definition) is 0. The number of rotatable bonds is 1. The number of allylic oxidation sites excluding steroid dienone is 2. The third kappa shape index (κ3) is 1.61. The van der Waals surface area contributed by atoms with Gasteiger partial charge >= 0.3 is 5.97 Å². The number of nitrogens with zero attached hydrogens (tertiary/aromatic N) is 1. The van der Waals surface area contributed by atoms with Gasteiger partial charge in [-0.1, -0.05) is 12.2 Å². The zero-order valence-electron chi connectivity index (χ0n) is 7.15. The molecule has 0 saturated heterocycles. The molecule has 0 fully saturated rings. The fraction of sp³-hybridized carbons (Fsp3) is 0.333. The van der Waals surface area contributed by atoms with Gasteiger partial charge in [-0.2, -0.15) is 0 Å². The Morgan fingerprint density at radius 2 is 2.25 bits per heavy atom. The number of aliphatic imine (C=N–C) groups is 1. The Balaban J connectivity index is 2.91. The van der Waals surface area contributed by atoms with Gasteiger partial charge in [-0.05, 0) is 13.0 Å². The van der Waals surface area contributed by atoms with Crippen molar-refractivity contribution in [1.82, 2.24) is 0 Å². The third-order valence-corrected chi connectivity index (χ3v) is 1.69. The van der Waals surface area contributed by atoms with E-state index in [9.17, 15) is 4.79 Å². The van der Waals surface area contributed by atoms with Gasteiger partial charge in [0.05, 0.1) is 7.11 Å². The van der Waals surface area contributed by atoms with Crippen molar-refractivity contribution >= 4 is 12.2 Å². The summed E-state index contributed by atoms with van der Waals surface area (Å²) in [4.78, 5) is 15.2. The smallest absolute Gasteiger partial charge is 0.320 e. The zero-order valence-corrected chi connectivity index (χ0v) is 7.15. The molecule has 1 aliphatic rings. The van der Waals surface area contributed by atoms with E-state index in [-0.39, 0.29) is 5.97 Å². The molecule has 0 aliphatic carbocycles. The summed E-state index contributed by atoms with van der Waals surface area (Å²) >= 11 is 0. The van der Waals surface area contributed by atoms with Gasteiger partial charge in [0, 0.05) is 12.4 Å². The minimum atomic E-state index is -0.724. The molecule has 0 saturated carbocycles. The summed E-state index contributed by atoms with van der Waals surface area (Å²) < 4.78 is 4.64. The molecule has 0 amide bonds. The summed E-state index contributed by atoms with van der Waals surface area (Å²) in [5.41, 5.74) is -0.724. The van der Waals surface area contributed by atoms with Crippen LogP contribution in [0.3, 0.4) is 0 Å². The molecule has 3 heteroatoms. The van der Waals surface area contributed by atoms with Crippen molar-refractivity contribution in [2.45, 2.75) is 6.92 Å². The van der Waals surface area contributed by atoms with Gasteiger partial charge in [0.2, 0.25) is 0 Å². The molecule has 3 nitrogen and oxygen atoms in total. The van der Waals surface area contributed by atoms with Gasteiger partial charge in [0.1, 0.15) is 5.41 Å². The predicted molar refractivity (Wildman–Crippen MR) is 46.9 cm³/mol. The normalized spacial score (nSPS) is 26.8. The lowest BCUT2D eigenvalue weighted by Crippen LogP contribution is -2.28. The minimum Gasteiger partial charge on any atom is -0.468 e. The van der Waals surface area contributed by atoms with Crippen LogP contribution in [0.25, 0.3) is 0 Å². The third-order valence-electron chi connectivity index (χ3n) is 1.69. The van der Waals surface area contributed by atoms with Gasteiger partial charge < -0.3 is 4.74 Å². The van der Waals surface area contributed by atoms with Gasteiger partial charge in [0.15, 0.2) is 0 Å². The number of carbonyl (C=O) groups excluding carboxylic acids is 1. The maximum Gasteiger partial charge on any atom is 0.320 e. The summed E-state index contributed by atoms with van der Waals surface area (Å²) in [5.74, 6) is -0.300. The molecule has 1 atom stereocenters. The van der Waals surface area contributed by atoms with E-state index in [0.29, 0.717) is 0 Å². The average molecular weight is 165 g/mol. The van der Waals surface area contributed by atoms with E-state index < -0.39 is 5.41 Å². The van der Waals surface area contributed by atoms with Crippen molar-refractivity contribution in [3.8, 4) is 0 Å². The highest BCUT2D eigenvalue weighted by Crippen LogP contribution is 2.19. The molecular weight excluding hydrogens is 154 g/mol. The Bertz CT molecular complexity index is 248. The van der Waals surface area contributed by atoms with Crippen LogP contribution in [0.4, 0.5) is 0 Å². The van der Waals surface area contributed by atoms with Crippen molar-refractivity contribution in [2.24, 2.45) is 10.4 Å². The summed E-state index contributed by atoms with van der Waals surface area (Å²) in [6, 6.07) is 0. The molecule has 0 aromatic heterocycles. The molecule has 12 heavy (non-hydrogen) atoms. The van der Waals surface area contributed by atoms with Crippen molar-refractivity contribution < 1.29 is 9.53 Å². The maximum absolute atomic E-state index is 11.2. The summed E-state index contributed by atoms with van der Waals surface area (Å²) in [7, 11) is 1.37. The standard InChI is InChI=1S/C9H11NO2/c1-9(8(11)12-2)5-3-4-6-10-7-9/h3-7H,1-2H3. The Kier molecular flexibility index (Phi) is 2.43. The molecule has 64 valence electrons. The molecule has 0 bridgehead atoms. The molecule has 0 aromatic rings. The SMILES string of the molecule is COC(=O)C1(C)C=CC=CN=C1. The number of hydrogen-bond acceptors (Lipinski definition) is 3. The van der Waals surface area contributed by atoms with E-state index >= 15 is 0 Å². The summed E-state index contributed by atoms with van der Waals surface area (Å²) in [6.45, 7) is 1.76. The topological polar surface area (TPSA) is 38.7 Å². The number of ether oxygens (including phenoxy) is 1. The van der Waals surface area contributed by atoms with Crippen LogP contribution in [-0.2, 0) is 9.53 Å². The maximum atomic E-state index is 11.2. The van der Waals surface area contributed by atoms with Crippen LogP contribution in [0, 0.1) is 5.41 Å². The molecule has 1 rings (SSSR count).